The van der Waals surface area contributed by atoms with Gasteiger partial charge in [0.05, 0.1) is 24.5 Å². The van der Waals surface area contributed by atoms with Gasteiger partial charge in [-0.3, -0.25) is 14.5 Å². The Morgan fingerprint density at radius 3 is 2.81 bits per heavy atom. The van der Waals surface area contributed by atoms with Gasteiger partial charge in [-0.1, -0.05) is 0 Å². The predicted molar refractivity (Wildman–Crippen MR) is 115 cm³/mol. The molecule has 0 atom stereocenters. The number of ether oxygens (including phenoxy) is 3. The van der Waals surface area contributed by atoms with Gasteiger partial charge >= 0.3 is 0 Å². The van der Waals surface area contributed by atoms with Crippen LogP contribution in [0.1, 0.15) is 12.1 Å². The fourth-order valence-corrected chi connectivity index (χ4v) is 3.07. The minimum atomic E-state index is -0.190. The molecule has 160 valence electrons. The van der Waals surface area contributed by atoms with Gasteiger partial charge in [-0.05, 0) is 24.3 Å². The molecule has 4 aromatic rings. The van der Waals surface area contributed by atoms with E-state index in [1.54, 1.807) is 35.1 Å². The predicted octanol–water partition coefficient (Wildman–Crippen LogP) is 2.51. The number of pyridine rings is 1. The highest BCUT2D eigenvalue weighted by Gasteiger charge is 2.09. The van der Waals surface area contributed by atoms with Gasteiger partial charge in [-0.2, -0.15) is 10.2 Å². The molecule has 31 heavy (non-hydrogen) atoms. The van der Waals surface area contributed by atoms with Crippen molar-refractivity contribution in [2.75, 3.05) is 20.3 Å². The molecule has 4 rings (SSSR count). The Balaban J connectivity index is 1.52. The van der Waals surface area contributed by atoms with E-state index in [0.717, 1.165) is 28.8 Å². The summed E-state index contributed by atoms with van der Waals surface area (Å²) in [6.45, 7) is 1.22. The van der Waals surface area contributed by atoms with E-state index >= 15 is 0 Å². The summed E-state index contributed by atoms with van der Waals surface area (Å²) in [5.41, 5.74) is 1.67. The van der Waals surface area contributed by atoms with Crippen molar-refractivity contribution in [1.82, 2.24) is 24.5 Å². The van der Waals surface area contributed by atoms with Crippen molar-refractivity contribution in [3.05, 3.63) is 71.0 Å². The molecule has 0 spiro atoms. The first-order valence-electron chi connectivity index (χ1n) is 9.85. The number of rotatable bonds is 9. The van der Waals surface area contributed by atoms with Crippen LogP contribution in [0.25, 0.3) is 16.6 Å². The number of fused-ring (bicyclic) bond motifs is 1. The SMILES string of the molecule is COCCCOc1ccnc2ccc(OCc3nn(-c4cnn(C)c4)ccc3=O)cc12. The second-order valence-electron chi connectivity index (χ2n) is 6.91. The van der Waals surface area contributed by atoms with Gasteiger partial charge in [0, 0.05) is 51.0 Å². The van der Waals surface area contributed by atoms with Gasteiger partial charge in [-0.25, -0.2) is 4.68 Å². The summed E-state index contributed by atoms with van der Waals surface area (Å²) < 4.78 is 20.1. The summed E-state index contributed by atoms with van der Waals surface area (Å²) >= 11 is 0. The van der Waals surface area contributed by atoms with E-state index in [9.17, 15) is 4.79 Å². The lowest BCUT2D eigenvalue weighted by Gasteiger charge is -2.11. The Morgan fingerprint density at radius 2 is 2.00 bits per heavy atom. The molecular weight excluding hydrogens is 398 g/mol. The molecule has 0 radical (unpaired) electrons. The number of methoxy groups -OCH3 is 1. The highest BCUT2D eigenvalue weighted by atomic mass is 16.5. The number of nitrogens with zero attached hydrogens (tertiary/aromatic N) is 5. The number of benzene rings is 1. The Bertz CT molecular complexity index is 1230. The van der Waals surface area contributed by atoms with Crippen LogP contribution in [0.3, 0.4) is 0 Å². The second-order valence-corrected chi connectivity index (χ2v) is 6.91. The average Bonchev–Trinajstić information content (AvgIpc) is 3.22. The number of hydrogen-bond donors (Lipinski definition) is 0. The van der Waals surface area contributed by atoms with E-state index < -0.39 is 0 Å². The van der Waals surface area contributed by atoms with Crippen LogP contribution in [0.2, 0.25) is 0 Å². The Kier molecular flexibility index (Phi) is 6.23. The van der Waals surface area contributed by atoms with Crippen LogP contribution in [-0.2, 0) is 18.4 Å². The quantitative estimate of drug-likeness (QED) is 0.383. The van der Waals surface area contributed by atoms with Crippen LogP contribution in [0, 0.1) is 0 Å². The van der Waals surface area contributed by atoms with Crippen LogP contribution >= 0.6 is 0 Å². The van der Waals surface area contributed by atoms with Crippen molar-refractivity contribution in [3.63, 3.8) is 0 Å². The maximum absolute atomic E-state index is 12.3. The van der Waals surface area contributed by atoms with E-state index in [4.69, 9.17) is 14.2 Å². The lowest BCUT2D eigenvalue weighted by molar-refractivity contribution is 0.172. The van der Waals surface area contributed by atoms with E-state index in [1.807, 2.05) is 37.5 Å². The maximum atomic E-state index is 12.3. The molecule has 0 fully saturated rings. The second kappa shape index (κ2) is 9.40. The van der Waals surface area contributed by atoms with E-state index in [-0.39, 0.29) is 12.0 Å². The molecule has 9 nitrogen and oxygen atoms in total. The minimum Gasteiger partial charge on any atom is -0.493 e. The van der Waals surface area contributed by atoms with E-state index in [1.165, 1.54) is 6.07 Å². The maximum Gasteiger partial charge on any atom is 0.206 e. The fourth-order valence-electron chi connectivity index (χ4n) is 3.07. The third-order valence-corrected chi connectivity index (χ3v) is 4.63. The topological polar surface area (TPSA) is 93.3 Å². The van der Waals surface area contributed by atoms with Crippen molar-refractivity contribution in [2.24, 2.45) is 7.05 Å². The third kappa shape index (κ3) is 4.89. The molecule has 0 bridgehead atoms. The summed E-state index contributed by atoms with van der Waals surface area (Å²) in [6, 6.07) is 8.82. The third-order valence-electron chi connectivity index (χ3n) is 4.63. The molecule has 0 aliphatic rings. The van der Waals surface area contributed by atoms with Crippen LogP contribution < -0.4 is 14.9 Å². The smallest absolute Gasteiger partial charge is 0.206 e. The largest absolute Gasteiger partial charge is 0.493 e. The summed E-state index contributed by atoms with van der Waals surface area (Å²) in [7, 11) is 3.48. The summed E-state index contributed by atoms with van der Waals surface area (Å²) in [5, 5.41) is 9.35. The zero-order chi connectivity index (χ0) is 21.6. The first-order valence-corrected chi connectivity index (χ1v) is 9.85. The molecule has 0 saturated carbocycles. The minimum absolute atomic E-state index is 0.0374. The molecule has 0 amide bonds. The van der Waals surface area contributed by atoms with Crippen molar-refractivity contribution < 1.29 is 14.2 Å². The van der Waals surface area contributed by atoms with Gasteiger partial charge in [0.1, 0.15) is 29.5 Å². The van der Waals surface area contributed by atoms with Crippen LogP contribution in [0.4, 0.5) is 0 Å². The van der Waals surface area contributed by atoms with Gasteiger partial charge in [-0.15, -0.1) is 0 Å². The molecule has 0 unspecified atom stereocenters. The van der Waals surface area contributed by atoms with Crippen molar-refractivity contribution in [1.29, 1.82) is 0 Å². The molecule has 0 aliphatic heterocycles. The molecule has 9 heteroatoms. The zero-order valence-corrected chi connectivity index (χ0v) is 17.4. The van der Waals surface area contributed by atoms with E-state index in [2.05, 4.69) is 15.2 Å². The highest BCUT2D eigenvalue weighted by Crippen LogP contribution is 2.28. The molecule has 1 aromatic carbocycles. The Hall–Kier alpha value is -3.72. The first kappa shape index (κ1) is 20.5. The molecule has 3 heterocycles. The summed E-state index contributed by atoms with van der Waals surface area (Å²) in [4.78, 5) is 16.6. The van der Waals surface area contributed by atoms with Crippen LogP contribution in [-0.4, -0.2) is 44.9 Å². The molecule has 0 N–H and O–H groups in total. The van der Waals surface area contributed by atoms with E-state index in [0.29, 0.717) is 24.7 Å². The Labute approximate surface area is 178 Å². The molecule has 3 aromatic heterocycles. The number of aryl methyl sites for hydroxylation is 1. The van der Waals surface area contributed by atoms with Crippen molar-refractivity contribution in [3.8, 4) is 17.2 Å². The average molecular weight is 421 g/mol. The van der Waals surface area contributed by atoms with Crippen molar-refractivity contribution in [2.45, 2.75) is 13.0 Å². The van der Waals surface area contributed by atoms with Crippen LogP contribution in [0.15, 0.2) is 59.9 Å². The first-order chi connectivity index (χ1) is 15.1. The number of hydrogen-bond acceptors (Lipinski definition) is 7. The lowest BCUT2D eigenvalue weighted by atomic mass is 10.2. The van der Waals surface area contributed by atoms with Gasteiger partial charge in [0.2, 0.25) is 5.43 Å². The molecule has 0 saturated heterocycles. The summed E-state index contributed by atoms with van der Waals surface area (Å²) in [6.07, 6.45) is 7.60. The zero-order valence-electron chi connectivity index (χ0n) is 17.4. The highest BCUT2D eigenvalue weighted by molar-refractivity contribution is 5.86. The standard InChI is InChI=1S/C22H23N5O4/c1-26-14-16(13-24-26)27-9-7-21(28)20(25-27)15-31-17-4-5-19-18(12-17)22(6-8-23-19)30-11-3-10-29-2/h4-9,12-14H,3,10-11,15H2,1-2H3. The van der Waals surface area contributed by atoms with Gasteiger partial charge in [0.25, 0.3) is 0 Å². The molecule has 0 aliphatic carbocycles. The summed E-state index contributed by atoms with van der Waals surface area (Å²) in [5.74, 6) is 1.32. The van der Waals surface area contributed by atoms with Gasteiger partial charge in [0.15, 0.2) is 0 Å². The molecular formula is C22H23N5O4. The fraction of sp³-hybridized carbons (Fsp3) is 0.273. The Morgan fingerprint density at radius 1 is 1.10 bits per heavy atom. The normalized spacial score (nSPS) is 11.0. The monoisotopic (exact) mass is 421 g/mol. The number of aromatic nitrogens is 5. The van der Waals surface area contributed by atoms with Crippen LogP contribution in [0.5, 0.6) is 11.5 Å². The van der Waals surface area contributed by atoms with Gasteiger partial charge < -0.3 is 14.2 Å². The lowest BCUT2D eigenvalue weighted by Crippen LogP contribution is -2.17. The van der Waals surface area contributed by atoms with Crippen molar-refractivity contribution >= 4 is 10.9 Å².